The smallest absolute Gasteiger partial charge is 0.270 e. The quantitative estimate of drug-likeness (QED) is 0.579. The Bertz CT molecular complexity index is 895. The van der Waals surface area contributed by atoms with Crippen molar-refractivity contribution in [3.8, 4) is 0 Å². The van der Waals surface area contributed by atoms with Crippen LogP contribution in [0.5, 0.6) is 0 Å². The molecule has 0 aliphatic carbocycles. The van der Waals surface area contributed by atoms with Crippen LogP contribution in [0.4, 0.5) is 5.69 Å². The van der Waals surface area contributed by atoms with Gasteiger partial charge in [0, 0.05) is 17.0 Å². The molecule has 2 rings (SSSR count). The number of benzene rings is 1. The topological polar surface area (TPSA) is 118 Å². The highest BCUT2D eigenvalue weighted by Crippen LogP contribution is 2.23. The van der Waals surface area contributed by atoms with Gasteiger partial charge in [0.15, 0.2) is 0 Å². The molecule has 0 spiro atoms. The highest BCUT2D eigenvalue weighted by atomic mass is 35.5. The van der Waals surface area contributed by atoms with E-state index in [1.165, 1.54) is 25.2 Å². The number of nitrogens with one attached hydrogen (secondary N) is 2. The van der Waals surface area contributed by atoms with Gasteiger partial charge in [0.1, 0.15) is 4.21 Å². The Balaban J connectivity index is 2.12. The molecule has 0 saturated carbocycles. The molecular weight excluding hydrogens is 378 g/mol. The summed E-state index contributed by atoms with van der Waals surface area (Å²) in [6.07, 6.45) is 0. The standard InChI is InChI=1S/C13H12ClN3O5S2/c1-15-24(21,22)12-5-3-9(23-12)7-16-13(18)10-6-8(17(19)20)2-4-11(10)14/h2-6,15H,7H2,1H3,(H,16,18). The molecule has 1 amide bonds. The largest absolute Gasteiger partial charge is 0.347 e. The van der Waals surface area contributed by atoms with Gasteiger partial charge in [0.05, 0.1) is 22.1 Å². The van der Waals surface area contributed by atoms with Crippen molar-refractivity contribution in [2.24, 2.45) is 0 Å². The monoisotopic (exact) mass is 389 g/mol. The summed E-state index contributed by atoms with van der Waals surface area (Å²) in [6, 6.07) is 6.57. The number of halogens is 1. The number of amides is 1. The minimum Gasteiger partial charge on any atom is -0.347 e. The van der Waals surface area contributed by atoms with Crippen LogP contribution >= 0.6 is 22.9 Å². The lowest BCUT2D eigenvalue weighted by molar-refractivity contribution is -0.384. The van der Waals surface area contributed by atoms with Crippen LogP contribution in [0.3, 0.4) is 0 Å². The number of nitro groups is 1. The number of nitro benzene ring substituents is 1. The maximum Gasteiger partial charge on any atom is 0.270 e. The molecule has 8 nitrogen and oxygen atoms in total. The normalized spacial score (nSPS) is 11.2. The van der Waals surface area contributed by atoms with Crippen LogP contribution in [-0.2, 0) is 16.6 Å². The predicted molar refractivity (Wildman–Crippen MR) is 89.8 cm³/mol. The maximum absolute atomic E-state index is 12.1. The van der Waals surface area contributed by atoms with Crippen molar-refractivity contribution >= 4 is 44.6 Å². The Morgan fingerprint density at radius 3 is 2.67 bits per heavy atom. The first kappa shape index (κ1) is 18.3. The van der Waals surface area contributed by atoms with E-state index in [0.717, 1.165) is 17.4 Å². The average molecular weight is 390 g/mol. The third-order valence-corrected chi connectivity index (χ3v) is 6.32. The zero-order valence-corrected chi connectivity index (χ0v) is 14.7. The van der Waals surface area contributed by atoms with Gasteiger partial charge < -0.3 is 5.32 Å². The summed E-state index contributed by atoms with van der Waals surface area (Å²) in [6.45, 7) is 0.0712. The number of thiophene rings is 1. The van der Waals surface area contributed by atoms with Crippen molar-refractivity contribution in [3.05, 3.63) is 55.9 Å². The van der Waals surface area contributed by atoms with Gasteiger partial charge in [-0.25, -0.2) is 13.1 Å². The molecule has 0 fully saturated rings. The molecule has 11 heteroatoms. The Labute approximate surface area is 146 Å². The zero-order chi connectivity index (χ0) is 17.9. The van der Waals surface area contributed by atoms with Gasteiger partial charge in [0.2, 0.25) is 10.0 Å². The number of hydrogen-bond donors (Lipinski definition) is 2. The molecule has 24 heavy (non-hydrogen) atoms. The van der Waals surface area contributed by atoms with E-state index in [0.29, 0.717) is 4.88 Å². The van der Waals surface area contributed by atoms with E-state index in [4.69, 9.17) is 11.6 Å². The van der Waals surface area contributed by atoms with Crippen LogP contribution in [0.1, 0.15) is 15.2 Å². The Kier molecular flexibility index (Phi) is 5.54. The summed E-state index contributed by atoms with van der Waals surface area (Å²) < 4.78 is 25.6. The van der Waals surface area contributed by atoms with E-state index < -0.39 is 20.9 Å². The van der Waals surface area contributed by atoms with Crippen molar-refractivity contribution in [3.63, 3.8) is 0 Å². The predicted octanol–water partition coefficient (Wildman–Crippen LogP) is 2.15. The molecule has 128 valence electrons. The molecule has 0 unspecified atom stereocenters. The van der Waals surface area contributed by atoms with Gasteiger partial charge in [-0.1, -0.05) is 11.6 Å². The third kappa shape index (κ3) is 4.09. The molecule has 0 aliphatic heterocycles. The van der Waals surface area contributed by atoms with Gasteiger partial charge in [-0.2, -0.15) is 0 Å². The highest BCUT2D eigenvalue weighted by molar-refractivity contribution is 7.91. The van der Waals surface area contributed by atoms with E-state index in [2.05, 4.69) is 10.0 Å². The van der Waals surface area contributed by atoms with Gasteiger partial charge in [-0.3, -0.25) is 14.9 Å². The fourth-order valence-corrected chi connectivity index (χ4v) is 4.10. The second kappa shape index (κ2) is 7.26. The summed E-state index contributed by atoms with van der Waals surface area (Å²) in [5, 5.41) is 13.4. The number of non-ortho nitro benzene ring substituents is 1. The van der Waals surface area contributed by atoms with Crippen LogP contribution in [0.15, 0.2) is 34.5 Å². The lowest BCUT2D eigenvalue weighted by atomic mass is 10.2. The fourth-order valence-electron chi connectivity index (χ4n) is 1.76. The van der Waals surface area contributed by atoms with Crippen LogP contribution in [0.25, 0.3) is 0 Å². The molecule has 1 heterocycles. The van der Waals surface area contributed by atoms with E-state index >= 15 is 0 Å². The second-order valence-corrected chi connectivity index (χ2v) is 8.22. The molecule has 2 aromatic rings. The van der Waals surface area contributed by atoms with E-state index in [1.807, 2.05) is 0 Å². The van der Waals surface area contributed by atoms with Crippen LogP contribution in [0.2, 0.25) is 5.02 Å². The molecule has 0 saturated heterocycles. The van der Waals surface area contributed by atoms with Crippen LogP contribution < -0.4 is 10.0 Å². The van der Waals surface area contributed by atoms with E-state index in [1.54, 1.807) is 6.07 Å². The summed E-state index contributed by atoms with van der Waals surface area (Å²) in [4.78, 5) is 22.9. The summed E-state index contributed by atoms with van der Waals surface area (Å²) in [5.74, 6) is -0.588. The Morgan fingerprint density at radius 2 is 2.04 bits per heavy atom. The van der Waals surface area contributed by atoms with Gasteiger partial charge in [-0.05, 0) is 25.2 Å². The molecule has 0 atom stereocenters. The lowest BCUT2D eigenvalue weighted by Crippen LogP contribution is -2.22. The summed E-state index contributed by atoms with van der Waals surface area (Å²) >= 11 is 6.90. The maximum atomic E-state index is 12.1. The van der Waals surface area contributed by atoms with Crippen LogP contribution in [0, 0.1) is 10.1 Å². The molecule has 0 bridgehead atoms. The van der Waals surface area contributed by atoms with E-state index in [-0.39, 0.29) is 27.0 Å². The molecular formula is C13H12ClN3O5S2. The van der Waals surface area contributed by atoms with Crippen molar-refractivity contribution in [2.75, 3.05) is 7.05 Å². The lowest BCUT2D eigenvalue weighted by Gasteiger charge is -2.05. The first-order valence-corrected chi connectivity index (χ1v) is 9.17. The number of sulfonamides is 1. The number of hydrogen-bond acceptors (Lipinski definition) is 6. The minimum absolute atomic E-state index is 0.0227. The SMILES string of the molecule is CNS(=O)(=O)c1ccc(CNC(=O)c2cc([N+](=O)[O-])ccc2Cl)s1. The van der Waals surface area contributed by atoms with Crippen molar-refractivity contribution < 1.29 is 18.1 Å². The number of carbonyl (C=O) groups is 1. The zero-order valence-electron chi connectivity index (χ0n) is 12.3. The second-order valence-electron chi connectivity index (χ2n) is 4.53. The fraction of sp³-hybridized carbons (Fsp3) is 0.154. The third-order valence-electron chi connectivity index (χ3n) is 3.00. The summed E-state index contributed by atoms with van der Waals surface area (Å²) in [5.41, 5.74) is -0.270. The van der Waals surface area contributed by atoms with E-state index in [9.17, 15) is 23.3 Å². The highest BCUT2D eigenvalue weighted by Gasteiger charge is 2.17. The van der Waals surface area contributed by atoms with Gasteiger partial charge in [0.25, 0.3) is 11.6 Å². The van der Waals surface area contributed by atoms with Gasteiger partial charge >= 0.3 is 0 Å². The number of carbonyl (C=O) groups excluding carboxylic acids is 1. The molecule has 1 aromatic carbocycles. The Hall–Kier alpha value is -2.01. The van der Waals surface area contributed by atoms with Crippen molar-refractivity contribution in [1.29, 1.82) is 0 Å². The first-order chi connectivity index (χ1) is 11.2. The van der Waals surface area contributed by atoms with Gasteiger partial charge in [-0.15, -0.1) is 11.3 Å². The summed E-state index contributed by atoms with van der Waals surface area (Å²) in [7, 11) is -2.22. The average Bonchev–Trinajstić information content (AvgIpc) is 3.02. The number of rotatable bonds is 6. The first-order valence-electron chi connectivity index (χ1n) is 6.49. The molecule has 2 N–H and O–H groups in total. The Morgan fingerprint density at radius 1 is 1.33 bits per heavy atom. The van der Waals surface area contributed by atoms with Crippen LogP contribution in [-0.4, -0.2) is 26.3 Å². The molecule has 0 radical (unpaired) electrons. The molecule has 1 aromatic heterocycles. The molecule has 0 aliphatic rings. The number of nitrogens with zero attached hydrogens (tertiary/aromatic N) is 1. The van der Waals surface area contributed by atoms with Crippen molar-refractivity contribution in [2.45, 2.75) is 10.8 Å². The minimum atomic E-state index is -3.53. The van der Waals surface area contributed by atoms with Crippen molar-refractivity contribution in [1.82, 2.24) is 10.0 Å².